The third kappa shape index (κ3) is 6.75. The highest BCUT2D eigenvalue weighted by Gasteiger charge is 2.38. The van der Waals surface area contributed by atoms with Crippen LogP contribution in [0.2, 0.25) is 0 Å². The first-order valence-corrected chi connectivity index (χ1v) is 13.5. The van der Waals surface area contributed by atoms with Crippen LogP contribution in [0.1, 0.15) is 37.7 Å². The number of halogens is 6. The first-order valence-electron chi connectivity index (χ1n) is 13.5. The predicted octanol–water partition coefficient (Wildman–Crippen LogP) is 5.30. The van der Waals surface area contributed by atoms with Gasteiger partial charge in [-0.2, -0.15) is 36.3 Å². The summed E-state index contributed by atoms with van der Waals surface area (Å²) in [5, 5.41) is 0. The Balaban J connectivity index is 1.47. The molecule has 2 aromatic heterocycles. The van der Waals surface area contributed by atoms with Crippen LogP contribution >= 0.6 is 0 Å². The second-order valence-electron chi connectivity index (χ2n) is 11.1. The first-order chi connectivity index (χ1) is 19.7. The molecule has 3 aromatic rings. The summed E-state index contributed by atoms with van der Waals surface area (Å²) in [6, 6.07) is 6.72. The maximum atomic E-state index is 13.6. The van der Waals surface area contributed by atoms with E-state index in [0.717, 1.165) is 18.2 Å². The average molecular weight is 596 g/mol. The molecule has 2 fully saturated rings. The number of benzene rings is 1. The Hall–Kier alpha value is -3.52. The topological polar surface area (TPSA) is 70.5 Å². The van der Waals surface area contributed by atoms with Gasteiger partial charge in [0.1, 0.15) is 11.6 Å². The zero-order valence-electron chi connectivity index (χ0n) is 23.4. The van der Waals surface area contributed by atoms with Crippen molar-refractivity contribution >= 4 is 11.8 Å². The van der Waals surface area contributed by atoms with Crippen LogP contribution in [0.25, 0.3) is 11.4 Å². The van der Waals surface area contributed by atoms with Crippen LogP contribution in [0.15, 0.2) is 42.6 Å². The molecule has 1 aromatic carbocycles. The molecular formula is C28H31F6N7O. The van der Waals surface area contributed by atoms with Crippen molar-refractivity contribution in [1.82, 2.24) is 24.8 Å². The first kappa shape index (κ1) is 30.0. The Morgan fingerprint density at radius 3 is 2.43 bits per heavy atom. The van der Waals surface area contributed by atoms with Gasteiger partial charge in [0, 0.05) is 50.5 Å². The van der Waals surface area contributed by atoms with Gasteiger partial charge in [-0.1, -0.05) is 12.1 Å². The fraction of sp³-hybridized carbons (Fsp3) is 0.500. The van der Waals surface area contributed by atoms with Crippen molar-refractivity contribution in [2.45, 2.75) is 51.3 Å². The van der Waals surface area contributed by atoms with Gasteiger partial charge in [-0.3, -0.25) is 4.90 Å². The van der Waals surface area contributed by atoms with Gasteiger partial charge in [-0.05, 0) is 45.0 Å². The van der Waals surface area contributed by atoms with Crippen molar-refractivity contribution in [3.05, 3.63) is 59.5 Å². The number of nitrogens with zero attached hydrogens (tertiary/aromatic N) is 7. The van der Waals surface area contributed by atoms with Crippen LogP contribution < -0.4 is 9.80 Å². The molecule has 14 heteroatoms. The number of rotatable bonds is 5. The van der Waals surface area contributed by atoms with Crippen LogP contribution in [-0.4, -0.2) is 75.8 Å². The van der Waals surface area contributed by atoms with Gasteiger partial charge in [0.05, 0.1) is 29.9 Å². The number of alkyl halides is 6. The van der Waals surface area contributed by atoms with Gasteiger partial charge >= 0.3 is 12.4 Å². The van der Waals surface area contributed by atoms with E-state index in [2.05, 4.69) is 24.8 Å². The second-order valence-corrected chi connectivity index (χ2v) is 11.1. The molecule has 4 heterocycles. The number of hydrogen-bond acceptors (Lipinski definition) is 8. The second kappa shape index (κ2) is 11.3. The van der Waals surface area contributed by atoms with Gasteiger partial charge in [0.15, 0.2) is 5.82 Å². The molecule has 2 saturated heterocycles. The van der Waals surface area contributed by atoms with E-state index >= 15 is 0 Å². The summed E-state index contributed by atoms with van der Waals surface area (Å²) < 4.78 is 87.2. The Morgan fingerprint density at radius 2 is 1.74 bits per heavy atom. The van der Waals surface area contributed by atoms with E-state index in [1.807, 2.05) is 25.7 Å². The quantitative estimate of drug-likeness (QED) is 0.369. The minimum atomic E-state index is -4.55. The lowest BCUT2D eigenvalue weighted by Gasteiger charge is -2.41. The van der Waals surface area contributed by atoms with Crippen molar-refractivity contribution < 1.29 is 31.1 Å². The summed E-state index contributed by atoms with van der Waals surface area (Å²) in [6.07, 6.45) is -7.77. The largest absolute Gasteiger partial charge is 0.419 e. The molecule has 0 saturated carbocycles. The standard InChI is InChI=1S/C28H31F6N7O/c1-18-15-40(24-21(28(32,33)34)8-5-9-35-24)10-11-41(18)25-37-22(16-39-12-13-42-26(2,3)17-39)36-23(38-25)19-6-4-7-20(14-19)27(29,30)31/h4-9,14,18H,10-13,15-17H2,1-3H3. The average Bonchev–Trinajstić information content (AvgIpc) is 2.91. The number of piperazine rings is 1. The fourth-order valence-electron chi connectivity index (χ4n) is 5.34. The normalized spacial score (nSPS) is 20.2. The Kier molecular flexibility index (Phi) is 8.05. The molecule has 0 radical (unpaired) electrons. The van der Waals surface area contributed by atoms with Crippen LogP contribution in [0.3, 0.4) is 0 Å². The van der Waals surface area contributed by atoms with Crippen molar-refractivity contribution in [2.75, 3.05) is 49.1 Å². The zero-order chi connectivity index (χ0) is 30.3. The monoisotopic (exact) mass is 595 g/mol. The van der Waals surface area contributed by atoms with Crippen LogP contribution in [0, 0.1) is 0 Å². The van der Waals surface area contributed by atoms with E-state index in [9.17, 15) is 26.3 Å². The smallest absolute Gasteiger partial charge is 0.373 e. The molecule has 0 N–H and O–H groups in total. The number of ether oxygens (including phenoxy) is 1. The number of pyridine rings is 1. The summed E-state index contributed by atoms with van der Waals surface area (Å²) in [6.45, 7) is 8.53. The van der Waals surface area contributed by atoms with Crippen LogP contribution in [-0.2, 0) is 23.6 Å². The predicted molar refractivity (Wildman–Crippen MR) is 144 cm³/mol. The summed E-state index contributed by atoms with van der Waals surface area (Å²) in [7, 11) is 0. The highest BCUT2D eigenvalue weighted by molar-refractivity contribution is 5.58. The zero-order valence-corrected chi connectivity index (χ0v) is 23.4. The molecule has 2 aliphatic heterocycles. The molecule has 0 aliphatic carbocycles. The lowest BCUT2D eigenvalue weighted by atomic mass is 10.1. The van der Waals surface area contributed by atoms with E-state index in [-0.39, 0.29) is 54.4 Å². The molecule has 1 atom stereocenters. The minimum absolute atomic E-state index is 0.0901. The number of aromatic nitrogens is 4. The van der Waals surface area contributed by atoms with E-state index < -0.39 is 23.5 Å². The Labute approximate surface area is 239 Å². The third-order valence-corrected chi connectivity index (χ3v) is 7.26. The van der Waals surface area contributed by atoms with Gasteiger partial charge < -0.3 is 14.5 Å². The summed E-state index contributed by atoms with van der Waals surface area (Å²) in [4.78, 5) is 23.3. The van der Waals surface area contributed by atoms with Crippen molar-refractivity contribution in [1.29, 1.82) is 0 Å². The number of anilines is 2. The molecular weight excluding hydrogens is 564 g/mol. The summed E-state index contributed by atoms with van der Waals surface area (Å²) in [5.74, 6) is 0.577. The van der Waals surface area contributed by atoms with Gasteiger partial charge in [-0.25, -0.2) is 9.97 Å². The molecule has 0 spiro atoms. The van der Waals surface area contributed by atoms with Gasteiger partial charge in [0.2, 0.25) is 5.95 Å². The highest BCUT2D eigenvalue weighted by atomic mass is 19.4. The van der Waals surface area contributed by atoms with Gasteiger partial charge in [0.25, 0.3) is 0 Å². The van der Waals surface area contributed by atoms with Crippen LogP contribution in [0.4, 0.5) is 38.1 Å². The van der Waals surface area contributed by atoms with E-state index in [1.54, 1.807) is 4.90 Å². The molecule has 0 amide bonds. The molecule has 2 aliphatic rings. The maximum absolute atomic E-state index is 13.6. The molecule has 8 nitrogen and oxygen atoms in total. The summed E-state index contributed by atoms with van der Waals surface area (Å²) >= 11 is 0. The molecule has 0 bridgehead atoms. The van der Waals surface area contributed by atoms with Crippen molar-refractivity contribution in [3.8, 4) is 11.4 Å². The fourth-order valence-corrected chi connectivity index (χ4v) is 5.34. The SMILES string of the molecule is CC1CN(c2ncccc2C(F)(F)F)CCN1c1nc(CN2CCOC(C)(C)C2)nc(-c2cccc(C(F)(F)F)c2)n1. The molecule has 1 unspecified atom stereocenters. The maximum Gasteiger partial charge on any atom is 0.419 e. The van der Waals surface area contributed by atoms with Crippen LogP contribution in [0.5, 0.6) is 0 Å². The van der Waals surface area contributed by atoms with E-state index in [1.165, 1.54) is 24.4 Å². The van der Waals surface area contributed by atoms with E-state index in [0.29, 0.717) is 32.1 Å². The number of morpholine rings is 1. The molecule has 5 rings (SSSR count). The molecule has 226 valence electrons. The minimum Gasteiger partial charge on any atom is -0.373 e. The Bertz CT molecular complexity index is 1410. The van der Waals surface area contributed by atoms with Crippen molar-refractivity contribution in [2.24, 2.45) is 0 Å². The lowest BCUT2D eigenvalue weighted by molar-refractivity contribution is -0.138. The molecule has 42 heavy (non-hydrogen) atoms. The van der Waals surface area contributed by atoms with Gasteiger partial charge in [-0.15, -0.1) is 0 Å². The number of hydrogen-bond donors (Lipinski definition) is 0. The van der Waals surface area contributed by atoms with E-state index in [4.69, 9.17) is 4.74 Å². The third-order valence-electron chi connectivity index (χ3n) is 7.26. The Morgan fingerprint density at radius 1 is 0.952 bits per heavy atom. The highest BCUT2D eigenvalue weighted by Crippen LogP contribution is 2.36. The van der Waals surface area contributed by atoms with Crippen molar-refractivity contribution in [3.63, 3.8) is 0 Å². The summed E-state index contributed by atoms with van der Waals surface area (Å²) in [5.41, 5.74) is -1.83. The lowest BCUT2D eigenvalue weighted by Crippen LogP contribution is -2.53.